The second-order valence-corrected chi connectivity index (χ2v) is 5.41. The van der Waals surface area contributed by atoms with Crippen LogP contribution in [0.4, 0.5) is 4.79 Å². The van der Waals surface area contributed by atoms with Crippen molar-refractivity contribution in [3.63, 3.8) is 0 Å². The zero-order valence-corrected chi connectivity index (χ0v) is 11.1. The van der Waals surface area contributed by atoms with E-state index in [0.29, 0.717) is 25.9 Å². The van der Waals surface area contributed by atoms with Crippen LogP contribution in [0, 0.1) is 5.92 Å². The number of carbonyl (C=O) groups excluding carboxylic acids is 3. The monoisotopic (exact) mass is 253 g/mol. The van der Waals surface area contributed by atoms with Crippen LogP contribution in [0.5, 0.6) is 0 Å². The number of ketones is 1. The maximum Gasteiger partial charge on any atom is 0.410 e. The van der Waals surface area contributed by atoms with Gasteiger partial charge in [-0.05, 0) is 33.6 Å². The Morgan fingerprint density at radius 3 is 2.28 bits per heavy atom. The summed E-state index contributed by atoms with van der Waals surface area (Å²) in [6.45, 7) is 6.41. The van der Waals surface area contributed by atoms with Crippen LogP contribution >= 0.6 is 0 Å². The highest BCUT2D eigenvalue weighted by Gasteiger charge is 2.29. The molecule has 1 aliphatic rings. The Morgan fingerprint density at radius 2 is 1.83 bits per heavy atom. The second kappa shape index (κ2) is 5.83. The fraction of sp³-hybridized carbons (Fsp3) is 0.692. The second-order valence-electron chi connectivity index (χ2n) is 5.41. The number of allylic oxidation sites excluding steroid dienone is 1. The molecule has 1 amide bonds. The highest BCUT2D eigenvalue weighted by molar-refractivity contribution is 5.97. The SMILES string of the molecule is CC(C)(C)OC(=O)N1CCC(C(=O)C=C=O)CC1. The maximum atomic E-state index is 11.8. The zero-order valence-electron chi connectivity index (χ0n) is 11.1. The molecular weight excluding hydrogens is 234 g/mol. The number of piperidine rings is 1. The van der Waals surface area contributed by atoms with Gasteiger partial charge in [0.15, 0.2) is 5.78 Å². The molecule has 1 saturated heterocycles. The standard InChI is InChI=1S/C13H19NO4/c1-13(2,3)18-12(17)14-7-4-10(5-8-14)11(16)6-9-15/h6,10H,4-5,7-8H2,1-3H3. The van der Waals surface area contributed by atoms with Gasteiger partial charge in [-0.2, -0.15) is 0 Å². The molecule has 0 aliphatic carbocycles. The smallest absolute Gasteiger partial charge is 0.410 e. The number of rotatable bonds is 2. The number of ether oxygens (including phenoxy) is 1. The van der Waals surface area contributed by atoms with Crippen LogP contribution in [0.1, 0.15) is 33.6 Å². The molecule has 0 radical (unpaired) electrons. The van der Waals surface area contributed by atoms with Crippen LogP contribution < -0.4 is 0 Å². The molecule has 0 aromatic heterocycles. The fourth-order valence-corrected chi connectivity index (χ4v) is 1.85. The Labute approximate surface area is 107 Å². The molecule has 1 rings (SSSR count). The molecule has 0 N–H and O–H groups in total. The molecule has 1 fully saturated rings. The van der Waals surface area contributed by atoms with E-state index in [9.17, 15) is 14.4 Å². The van der Waals surface area contributed by atoms with Crippen LogP contribution in [-0.2, 0) is 14.3 Å². The molecule has 1 heterocycles. The molecule has 0 aromatic rings. The van der Waals surface area contributed by atoms with E-state index in [-0.39, 0.29) is 17.8 Å². The number of nitrogens with zero attached hydrogens (tertiary/aromatic N) is 1. The van der Waals surface area contributed by atoms with Gasteiger partial charge in [-0.1, -0.05) is 0 Å². The minimum atomic E-state index is -0.510. The number of carbonyl (C=O) groups is 2. The van der Waals surface area contributed by atoms with Crippen molar-refractivity contribution in [2.45, 2.75) is 39.2 Å². The van der Waals surface area contributed by atoms with E-state index >= 15 is 0 Å². The van der Waals surface area contributed by atoms with Crippen molar-refractivity contribution in [3.8, 4) is 0 Å². The molecule has 5 nitrogen and oxygen atoms in total. The van der Waals surface area contributed by atoms with Crippen LogP contribution in [0.2, 0.25) is 0 Å². The minimum absolute atomic E-state index is 0.176. The average Bonchev–Trinajstić information content (AvgIpc) is 2.27. The van der Waals surface area contributed by atoms with Gasteiger partial charge >= 0.3 is 6.09 Å². The third-order valence-electron chi connectivity index (χ3n) is 2.75. The molecule has 100 valence electrons. The lowest BCUT2D eigenvalue weighted by atomic mass is 9.93. The molecule has 0 spiro atoms. The van der Waals surface area contributed by atoms with Gasteiger partial charge in [0, 0.05) is 19.0 Å². The first kappa shape index (κ1) is 14.5. The molecule has 1 aliphatic heterocycles. The highest BCUT2D eigenvalue weighted by Crippen LogP contribution is 2.20. The molecule has 0 unspecified atom stereocenters. The first-order valence-electron chi connectivity index (χ1n) is 6.06. The summed E-state index contributed by atoms with van der Waals surface area (Å²) in [4.78, 5) is 34.9. The van der Waals surface area contributed by atoms with Crippen molar-refractivity contribution in [2.24, 2.45) is 5.92 Å². The summed E-state index contributed by atoms with van der Waals surface area (Å²) in [5.74, 6) is 1.12. The Kier molecular flexibility index (Phi) is 4.68. The summed E-state index contributed by atoms with van der Waals surface area (Å²) in [7, 11) is 0. The summed E-state index contributed by atoms with van der Waals surface area (Å²) < 4.78 is 5.25. The third-order valence-corrected chi connectivity index (χ3v) is 2.75. The largest absolute Gasteiger partial charge is 0.444 e. The van der Waals surface area contributed by atoms with Crippen LogP contribution in [0.25, 0.3) is 0 Å². The van der Waals surface area contributed by atoms with E-state index in [1.165, 1.54) is 5.94 Å². The molecule has 0 atom stereocenters. The predicted octanol–water partition coefficient (Wildman–Crippen LogP) is 1.59. The van der Waals surface area contributed by atoms with Crippen molar-refractivity contribution < 1.29 is 19.1 Å². The molecule has 0 aromatic carbocycles. The highest BCUT2D eigenvalue weighted by atomic mass is 16.6. The summed E-state index contributed by atoms with van der Waals surface area (Å²) in [6.07, 6.45) is 1.72. The summed E-state index contributed by atoms with van der Waals surface area (Å²) in [5.41, 5.74) is -0.510. The lowest BCUT2D eigenvalue weighted by Gasteiger charge is -2.32. The molecular formula is C13H19NO4. The van der Waals surface area contributed by atoms with E-state index in [1.807, 2.05) is 20.8 Å². The van der Waals surface area contributed by atoms with Gasteiger partial charge in [-0.15, -0.1) is 0 Å². The Bertz CT molecular complexity index is 369. The van der Waals surface area contributed by atoms with E-state index in [0.717, 1.165) is 6.08 Å². The Balaban J connectivity index is 2.46. The number of hydrogen-bond donors (Lipinski definition) is 0. The molecule has 5 heteroatoms. The topological polar surface area (TPSA) is 63.7 Å². The van der Waals surface area contributed by atoms with Gasteiger partial charge in [-0.3, -0.25) is 4.79 Å². The van der Waals surface area contributed by atoms with Crippen molar-refractivity contribution in [2.75, 3.05) is 13.1 Å². The van der Waals surface area contributed by atoms with E-state index < -0.39 is 5.60 Å². The summed E-state index contributed by atoms with van der Waals surface area (Å²) in [6, 6.07) is 0. The lowest BCUT2D eigenvalue weighted by molar-refractivity contribution is -0.119. The zero-order chi connectivity index (χ0) is 13.8. The summed E-state index contributed by atoms with van der Waals surface area (Å²) in [5, 5.41) is 0. The predicted molar refractivity (Wildman–Crippen MR) is 65.8 cm³/mol. The van der Waals surface area contributed by atoms with E-state index in [2.05, 4.69) is 0 Å². The van der Waals surface area contributed by atoms with Crippen LogP contribution in [0.15, 0.2) is 6.08 Å². The average molecular weight is 253 g/mol. The van der Waals surface area contributed by atoms with Crippen molar-refractivity contribution in [3.05, 3.63) is 6.08 Å². The summed E-state index contributed by atoms with van der Waals surface area (Å²) >= 11 is 0. The van der Waals surface area contributed by atoms with Crippen LogP contribution in [0.3, 0.4) is 0 Å². The van der Waals surface area contributed by atoms with Crippen LogP contribution in [-0.4, -0.2) is 41.4 Å². The number of amides is 1. The van der Waals surface area contributed by atoms with E-state index in [4.69, 9.17) is 4.74 Å². The normalized spacial score (nSPS) is 16.9. The van der Waals surface area contributed by atoms with Gasteiger partial charge in [-0.25, -0.2) is 9.59 Å². The Hall–Kier alpha value is -1.61. The fourth-order valence-electron chi connectivity index (χ4n) is 1.85. The quantitative estimate of drug-likeness (QED) is 0.554. The van der Waals surface area contributed by atoms with Gasteiger partial charge in [0.2, 0.25) is 0 Å². The minimum Gasteiger partial charge on any atom is -0.444 e. The maximum absolute atomic E-state index is 11.8. The van der Waals surface area contributed by atoms with Gasteiger partial charge in [0.05, 0.1) is 6.08 Å². The van der Waals surface area contributed by atoms with Crippen molar-refractivity contribution in [1.29, 1.82) is 0 Å². The first-order chi connectivity index (χ1) is 8.33. The molecule has 0 saturated carbocycles. The van der Waals surface area contributed by atoms with Gasteiger partial charge < -0.3 is 9.64 Å². The molecule has 0 bridgehead atoms. The lowest BCUT2D eigenvalue weighted by Crippen LogP contribution is -2.42. The van der Waals surface area contributed by atoms with Gasteiger partial charge in [0.25, 0.3) is 0 Å². The van der Waals surface area contributed by atoms with Gasteiger partial charge in [0.1, 0.15) is 11.5 Å². The number of likely N-dealkylation sites (tertiary alicyclic amines) is 1. The van der Waals surface area contributed by atoms with E-state index in [1.54, 1.807) is 4.90 Å². The Morgan fingerprint density at radius 1 is 1.28 bits per heavy atom. The number of hydrogen-bond acceptors (Lipinski definition) is 4. The third kappa shape index (κ3) is 4.34. The first-order valence-corrected chi connectivity index (χ1v) is 6.06. The van der Waals surface area contributed by atoms with Crippen molar-refractivity contribution >= 4 is 17.8 Å². The van der Waals surface area contributed by atoms with Crippen molar-refractivity contribution in [1.82, 2.24) is 4.90 Å². The molecule has 18 heavy (non-hydrogen) atoms.